The molecule has 0 aliphatic heterocycles. The summed E-state index contributed by atoms with van der Waals surface area (Å²) in [6, 6.07) is 0. The molecule has 0 radical (unpaired) electrons. The number of aliphatic hydroxyl groups excluding tert-OH is 1. The van der Waals surface area contributed by atoms with Gasteiger partial charge in [-0.3, -0.25) is 0 Å². The van der Waals surface area contributed by atoms with E-state index in [9.17, 15) is 13.5 Å². The first-order chi connectivity index (χ1) is 8.45. The predicted octanol–water partition coefficient (Wildman–Crippen LogP) is 0.578. The van der Waals surface area contributed by atoms with Gasteiger partial charge in [-0.15, -0.1) is 0 Å². The molecular weight excluding hydrogens is 254 g/mol. The lowest BCUT2D eigenvalue weighted by Gasteiger charge is -2.12. The molecule has 0 bridgehead atoms. The van der Waals surface area contributed by atoms with Gasteiger partial charge in [0.05, 0.1) is 18.5 Å². The van der Waals surface area contributed by atoms with E-state index < -0.39 is 15.9 Å². The van der Waals surface area contributed by atoms with E-state index in [1.54, 1.807) is 0 Å². The topological polar surface area (TPSA) is 75.6 Å². The van der Waals surface area contributed by atoms with Crippen LogP contribution in [0.4, 0.5) is 0 Å². The summed E-state index contributed by atoms with van der Waals surface area (Å²) in [5.74, 6) is 0.0948. The number of nitrogens with one attached hydrogen (secondary N) is 1. The van der Waals surface area contributed by atoms with Crippen molar-refractivity contribution in [2.24, 2.45) is 0 Å². The summed E-state index contributed by atoms with van der Waals surface area (Å²) < 4.78 is 27.0. The van der Waals surface area contributed by atoms with Crippen molar-refractivity contribution < 1.29 is 18.3 Å². The van der Waals surface area contributed by atoms with Crippen LogP contribution in [0.3, 0.4) is 0 Å². The lowest BCUT2D eigenvalue weighted by Crippen LogP contribution is -2.33. The molecule has 0 aromatic carbocycles. The van der Waals surface area contributed by atoms with Crippen LogP contribution in [0.5, 0.6) is 0 Å². The Hall–Kier alpha value is -0.170. The molecule has 6 heteroatoms. The highest BCUT2D eigenvalue weighted by Crippen LogP contribution is 1.99. The van der Waals surface area contributed by atoms with Crippen LogP contribution in [0, 0.1) is 0 Å². The Kier molecular flexibility index (Phi) is 10.6. The average Bonchev–Trinajstić information content (AvgIpc) is 2.28. The highest BCUT2D eigenvalue weighted by Gasteiger charge is 2.05. The van der Waals surface area contributed by atoms with Gasteiger partial charge in [-0.2, -0.15) is 0 Å². The van der Waals surface area contributed by atoms with Gasteiger partial charge in [-0.05, 0) is 6.42 Å². The van der Waals surface area contributed by atoms with E-state index in [0.29, 0.717) is 26.3 Å². The zero-order chi connectivity index (χ0) is 13.9. The second-order valence-electron chi connectivity index (χ2n) is 4.62. The number of aliphatic hydroxyl groups is 1. The Labute approximate surface area is 111 Å². The summed E-state index contributed by atoms with van der Waals surface area (Å²) in [6.07, 6.45) is 5.24. The first-order valence-electron chi connectivity index (χ1n) is 6.60. The molecule has 18 heavy (non-hydrogen) atoms. The highest BCUT2D eigenvalue weighted by atomic mass is 32.2. The fourth-order valence-electron chi connectivity index (χ4n) is 1.44. The SMILES string of the molecule is CCCCCCOCC(O)CNCCS(C)(=O)=O. The molecule has 2 N–H and O–H groups in total. The van der Waals surface area contributed by atoms with Gasteiger partial charge in [-0.25, -0.2) is 8.42 Å². The Bertz CT molecular complexity index is 280. The fourth-order valence-corrected chi connectivity index (χ4v) is 1.95. The molecule has 110 valence electrons. The summed E-state index contributed by atoms with van der Waals surface area (Å²) in [5, 5.41) is 12.4. The molecule has 0 aliphatic carbocycles. The Morgan fingerprint density at radius 2 is 2.00 bits per heavy atom. The van der Waals surface area contributed by atoms with E-state index in [-0.39, 0.29) is 5.75 Å². The number of unbranched alkanes of at least 4 members (excludes halogenated alkanes) is 3. The van der Waals surface area contributed by atoms with E-state index >= 15 is 0 Å². The van der Waals surface area contributed by atoms with Gasteiger partial charge < -0.3 is 15.2 Å². The zero-order valence-corrected chi connectivity index (χ0v) is 12.3. The quantitative estimate of drug-likeness (QED) is 0.512. The van der Waals surface area contributed by atoms with E-state index in [4.69, 9.17) is 4.74 Å². The maximum atomic E-state index is 10.8. The highest BCUT2D eigenvalue weighted by molar-refractivity contribution is 7.90. The summed E-state index contributed by atoms with van der Waals surface area (Å²) in [5.41, 5.74) is 0. The molecule has 0 aliphatic rings. The van der Waals surface area contributed by atoms with Crippen molar-refractivity contribution in [1.29, 1.82) is 0 Å². The van der Waals surface area contributed by atoms with Crippen molar-refractivity contribution >= 4 is 9.84 Å². The minimum atomic E-state index is -2.93. The smallest absolute Gasteiger partial charge is 0.148 e. The Morgan fingerprint density at radius 3 is 2.61 bits per heavy atom. The standard InChI is InChI=1S/C12H27NO4S/c1-3-4-5-6-8-17-11-12(14)10-13-7-9-18(2,15)16/h12-14H,3-11H2,1-2H3. The Balaban J connectivity index is 3.30. The van der Waals surface area contributed by atoms with Crippen molar-refractivity contribution in [2.75, 3.05) is 38.3 Å². The zero-order valence-electron chi connectivity index (χ0n) is 11.5. The van der Waals surface area contributed by atoms with E-state index in [2.05, 4.69) is 12.2 Å². The number of sulfone groups is 1. The monoisotopic (exact) mass is 281 g/mol. The molecule has 1 atom stereocenters. The largest absolute Gasteiger partial charge is 0.389 e. The summed E-state index contributed by atoms with van der Waals surface area (Å²) >= 11 is 0. The van der Waals surface area contributed by atoms with Crippen molar-refractivity contribution in [2.45, 2.75) is 38.7 Å². The van der Waals surface area contributed by atoms with Gasteiger partial charge in [0.25, 0.3) is 0 Å². The summed E-state index contributed by atoms with van der Waals surface area (Å²) in [4.78, 5) is 0. The normalized spacial score (nSPS) is 13.7. The third kappa shape index (κ3) is 13.9. The molecular formula is C12H27NO4S. The van der Waals surface area contributed by atoms with Crippen LogP contribution in [0.1, 0.15) is 32.6 Å². The molecule has 0 aromatic rings. The van der Waals surface area contributed by atoms with Crippen LogP contribution in [-0.4, -0.2) is 57.9 Å². The van der Waals surface area contributed by atoms with Crippen LogP contribution in [-0.2, 0) is 14.6 Å². The first kappa shape index (κ1) is 17.8. The van der Waals surface area contributed by atoms with E-state index in [0.717, 1.165) is 6.42 Å². The van der Waals surface area contributed by atoms with E-state index in [1.165, 1.54) is 25.5 Å². The van der Waals surface area contributed by atoms with Gasteiger partial charge >= 0.3 is 0 Å². The fraction of sp³-hybridized carbons (Fsp3) is 1.00. The van der Waals surface area contributed by atoms with Crippen molar-refractivity contribution in [3.8, 4) is 0 Å². The van der Waals surface area contributed by atoms with Crippen LogP contribution in [0.25, 0.3) is 0 Å². The average molecular weight is 281 g/mol. The van der Waals surface area contributed by atoms with E-state index in [1.807, 2.05) is 0 Å². The summed E-state index contributed by atoms with van der Waals surface area (Å²) in [7, 11) is -2.93. The van der Waals surface area contributed by atoms with Crippen LogP contribution >= 0.6 is 0 Å². The lowest BCUT2D eigenvalue weighted by molar-refractivity contribution is 0.0357. The molecule has 1 unspecified atom stereocenters. The van der Waals surface area contributed by atoms with Crippen molar-refractivity contribution in [1.82, 2.24) is 5.32 Å². The molecule has 0 aromatic heterocycles. The molecule has 0 fully saturated rings. The molecule has 0 heterocycles. The van der Waals surface area contributed by atoms with Gasteiger partial charge in [0.1, 0.15) is 9.84 Å². The van der Waals surface area contributed by atoms with Gasteiger partial charge in [0.2, 0.25) is 0 Å². The lowest BCUT2D eigenvalue weighted by atomic mass is 10.2. The first-order valence-corrected chi connectivity index (χ1v) is 8.66. The van der Waals surface area contributed by atoms with Gasteiger partial charge in [0, 0.05) is 26.0 Å². The molecule has 0 saturated carbocycles. The minimum Gasteiger partial charge on any atom is -0.389 e. The maximum Gasteiger partial charge on any atom is 0.148 e. The molecule has 0 spiro atoms. The number of rotatable bonds is 12. The van der Waals surface area contributed by atoms with Crippen molar-refractivity contribution in [3.05, 3.63) is 0 Å². The Morgan fingerprint density at radius 1 is 1.28 bits per heavy atom. The second kappa shape index (κ2) is 10.7. The van der Waals surface area contributed by atoms with Gasteiger partial charge in [-0.1, -0.05) is 26.2 Å². The second-order valence-corrected chi connectivity index (χ2v) is 6.88. The number of hydrogen-bond acceptors (Lipinski definition) is 5. The van der Waals surface area contributed by atoms with Crippen molar-refractivity contribution in [3.63, 3.8) is 0 Å². The minimum absolute atomic E-state index is 0.0948. The molecule has 0 saturated heterocycles. The van der Waals surface area contributed by atoms with Crippen LogP contribution < -0.4 is 5.32 Å². The molecule has 0 rings (SSSR count). The summed E-state index contributed by atoms with van der Waals surface area (Å²) in [6.45, 7) is 3.88. The third-order valence-corrected chi connectivity index (χ3v) is 3.43. The van der Waals surface area contributed by atoms with Crippen LogP contribution in [0.15, 0.2) is 0 Å². The molecule has 0 amide bonds. The molecule has 5 nitrogen and oxygen atoms in total. The predicted molar refractivity (Wildman–Crippen MR) is 73.5 cm³/mol. The maximum absolute atomic E-state index is 10.8. The van der Waals surface area contributed by atoms with Gasteiger partial charge in [0.15, 0.2) is 0 Å². The number of ether oxygens (including phenoxy) is 1. The number of hydrogen-bond donors (Lipinski definition) is 2. The third-order valence-electron chi connectivity index (χ3n) is 2.48. The van der Waals surface area contributed by atoms with Crippen LogP contribution in [0.2, 0.25) is 0 Å².